The molecule has 174 valence electrons. The van der Waals surface area contributed by atoms with Gasteiger partial charge in [-0.2, -0.15) is 4.98 Å². The Morgan fingerprint density at radius 1 is 0.824 bits per heavy atom. The first-order valence-electron chi connectivity index (χ1n) is 10.7. The highest BCUT2D eigenvalue weighted by atomic mass is 16.5. The summed E-state index contributed by atoms with van der Waals surface area (Å²) in [5.74, 6) is 3.08. The fourth-order valence-corrected chi connectivity index (χ4v) is 3.50. The predicted molar refractivity (Wildman–Crippen MR) is 131 cm³/mol. The summed E-state index contributed by atoms with van der Waals surface area (Å²) in [6.07, 6.45) is 3.19. The molecule has 9 nitrogen and oxygen atoms in total. The van der Waals surface area contributed by atoms with Gasteiger partial charge in [0.1, 0.15) is 12.1 Å². The average Bonchev–Trinajstić information content (AvgIpc) is 2.89. The predicted octanol–water partition coefficient (Wildman–Crippen LogP) is 4.88. The second-order valence-electron chi connectivity index (χ2n) is 7.35. The van der Waals surface area contributed by atoms with Crippen molar-refractivity contribution in [2.24, 2.45) is 0 Å². The van der Waals surface area contributed by atoms with Crippen LogP contribution in [0.25, 0.3) is 11.4 Å². The summed E-state index contributed by atoms with van der Waals surface area (Å²) in [6.45, 7) is 2.08. The zero-order valence-electron chi connectivity index (χ0n) is 19.4. The molecule has 4 aromatic rings. The van der Waals surface area contributed by atoms with Gasteiger partial charge in [0.05, 0.1) is 26.9 Å². The van der Waals surface area contributed by atoms with Crippen molar-refractivity contribution < 1.29 is 14.2 Å². The van der Waals surface area contributed by atoms with Crippen molar-refractivity contribution in [2.75, 3.05) is 32.0 Å². The molecule has 0 aliphatic heterocycles. The Morgan fingerprint density at radius 2 is 1.56 bits per heavy atom. The van der Waals surface area contributed by atoms with E-state index in [0.717, 1.165) is 11.1 Å². The van der Waals surface area contributed by atoms with Crippen LogP contribution in [-0.4, -0.2) is 41.3 Å². The summed E-state index contributed by atoms with van der Waals surface area (Å²) in [7, 11) is 4.69. The van der Waals surface area contributed by atoms with Crippen molar-refractivity contribution in [1.29, 1.82) is 0 Å². The molecule has 2 N–H and O–H groups in total. The Hall–Kier alpha value is -4.40. The van der Waals surface area contributed by atoms with Gasteiger partial charge in [-0.05, 0) is 24.6 Å². The monoisotopic (exact) mass is 458 g/mol. The first kappa shape index (κ1) is 22.8. The van der Waals surface area contributed by atoms with Crippen LogP contribution in [0.3, 0.4) is 0 Å². The zero-order valence-corrected chi connectivity index (χ0v) is 19.4. The first-order chi connectivity index (χ1) is 16.6. The number of rotatable bonds is 9. The molecular weight excluding hydrogens is 432 g/mol. The van der Waals surface area contributed by atoms with Crippen LogP contribution in [0.15, 0.2) is 67.1 Å². The van der Waals surface area contributed by atoms with E-state index in [0.29, 0.717) is 40.5 Å². The van der Waals surface area contributed by atoms with E-state index in [4.69, 9.17) is 14.2 Å². The molecule has 2 heterocycles. The molecule has 0 spiro atoms. The second kappa shape index (κ2) is 10.5. The number of methoxy groups -OCH3 is 3. The summed E-state index contributed by atoms with van der Waals surface area (Å²) in [5, 5.41) is 6.64. The number of anilines is 3. The molecule has 0 aliphatic rings. The van der Waals surface area contributed by atoms with Gasteiger partial charge in [-0.25, -0.2) is 15.0 Å². The summed E-state index contributed by atoms with van der Waals surface area (Å²) in [4.78, 5) is 17.8. The molecule has 1 atom stereocenters. The minimum atomic E-state index is 0.0495. The highest BCUT2D eigenvalue weighted by Gasteiger charge is 2.16. The van der Waals surface area contributed by atoms with Crippen LogP contribution in [0.2, 0.25) is 0 Å². The highest BCUT2D eigenvalue weighted by molar-refractivity contribution is 5.71. The fraction of sp³-hybridized carbons (Fsp3) is 0.200. The maximum absolute atomic E-state index is 5.42. The normalized spacial score (nSPS) is 11.4. The molecule has 4 rings (SSSR count). The van der Waals surface area contributed by atoms with Crippen molar-refractivity contribution in [3.05, 3.63) is 72.7 Å². The summed E-state index contributed by atoms with van der Waals surface area (Å²) >= 11 is 0. The van der Waals surface area contributed by atoms with Crippen LogP contribution in [0.5, 0.6) is 17.2 Å². The number of benzene rings is 2. The summed E-state index contributed by atoms with van der Waals surface area (Å²) in [5.41, 5.74) is 2.59. The van der Waals surface area contributed by atoms with Crippen LogP contribution in [0.4, 0.5) is 17.5 Å². The number of hydrogen-bond donors (Lipinski definition) is 2. The van der Waals surface area contributed by atoms with E-state index in [1.165, 1.54) is 6.33 Å². The molecule has 2 aromatic heterocycles. The SMILES string of the molecule is COc1cc(Nc2ncnc(-c3cccnc3N[C@@H](C)c3ccccc3)n2)cc(OC)c1OC. The van der Waals surface area contributed by atoms with Crippen molar-refractivity contribution in [2.45, 2.75) is 13.0 Å². The lowest BCUT2D eigenvalue weighted by atomic mass is 10.1. The molecule has 0 radical (unpaired) electrons. The van der Waals surface area contributed by atoms with Crippen molar-refractivity contribution in [1.82, 2.24) is 19.9 Å². The van der Waals surface area contributed by atoms with E-state index in [1.807, 2.05) is 30.3 Å². The Bertz CT molecular complexity index is 1230. The molecule has 0 saturated heterocycles. The maximum atomic E-state index is 5.42. The topological polar surface area (TPSA) is 103 Å². The van der Waals surface area contributed by atoms with Crippen molar-refractivity contribution in [3.8, 4) is 28.6 Å². The summed E-state index contributed by atoms with van der Waals surface area (Å²) in [6, 6.07) is 17.6. The van der Waals surface area contributed by atoms with Gasteiger partial charge in [0.2, 0.25) is 11.7 Å². The third-order valence-corrected chi connectivity index (χ3v) is 5.19. The van der Waals surface area contributed by atoms with E-state index >= 15 is 0 Å². The van der Waals surface area contributed by atoms with Gasteiger partial charge in [0.15, 0.2) is 17.3 Å². The number of nitrogens with one attached hydrogen (secondary N) is 2. The Morgan fingerprint density at radius 3 is 2.24 bits per heavy atom. The third kappa shape index (κ3) is 4.98. The minimum absolute atomic E-state index is 0.0495. The van der Waals surface area contributed by atoms with Crippen LogP contribution in [0.1, 0.15) is 18.5 Å². The molecule has 0 unspecified atom stereocenters. The van der Waals surface area contributed by atoms with Gasteiger partial charge in [-0.3, -0.25) is 0 Å². The largest absolute Gasteiger partial charge is 0.493 e. The standard InChI is InChI=1S/C25H26N6O3/c1-16(17-9-6-5-7-10-17)29-23-19(11-8-12-26-23)24-27-15-28-25(31-24)30-18-13-20(32-2)22(34-4)21(14-18)33-3/h5-16H,1-4H3,(H,26,29)(H,27,28,30,31)/t16-/m0/s1. The molecule has 2 aromatic carbocycles. The van der Waals surface area contributed by atoms with Crippen LogP contribution < -0.4 is 24.8 Å². The number of ether oxygens (including phenoxy) is 3. The van der Waals surface area contributed by atoms with E-state index in [-0.39, 0.29) is 6.04 Å². The molecule has 34 heavy (non-hydrogen) atoms. The minimum Gasteiger partial charge on any atom is -0.493 e. The number of pyridine rings is 1. The lowest BCUT2D eigenvalue weighted by molar-refractivity contribution is 0.324. The molecule has 0 fully saturated rings. The molecule has 0 amide bonds. The second-order valence-corrected chi connectivity index (χ2v) is 7.35. The molecule has 9 heteroatoms. The van der Waals surface area contributed by atoms with Gasteiger partial charge in [0, 0.05) is 30.1 Å². The fourth-order valence-electron chi connectivity index (χ4n) is 3.50. The molecule has 0 saturated carbocycles. The van der Waals surface area contributed by atoms with Gasteiger partial charge >= 0.3 is 0 Å². The van der Waals surface area contributed by atoms with Crippen LogP contribution in [-0.2, 0) is 0 Å². The van der Waals surface area contributed by atoms with Crippen LogP contribution >= 0.6 is 0 Å². The van der Waals surface area contributed by atoms with E-state index in [2.05, 4.69) is 49.6 Å². The average molecular weight is 459 g/mol. The summed E-state index contributed by atoms with van der Waals surface area (Å²) < 4.78 is 16.2. The third-order valence-electron chi connectivity index (χ3n) is 5.19. The van der Waals surface area contributed by atoms with E-state index < -0.39 is 0 Å². The molecule has 0 bridgehead atoms. The van der Waals surface area contributed by atoms with Crippen LogP contribution in [0, 0.1) is 0 Å². The Balaban J connectivity index is 1.62. The number of hydrogen-bond acceptors (Lipinski definition) is 9. The quantitative estimate of drug-likeness (QED) is 0.363. The number of aromatic nitrogens is 4. The highest BCUT2D eigenvalue weighted by Crippen LogP contribution is 2.40. The van der Waals surface area contributed by atoms with Gasteiger partial charge in [0.25, 0.3) is 0 Å². The molecular formula is C25H26N6O3. The molecule has 0 aliphatic carbocycles. The Kier molecular flexibility index (Phi) is 7.02. The lowest BCUT2D eigenvalue weighted by Crippen LogP contribution is -2.09. The van der Waals surface area contributed by atoms with Gasteiger partial charge in [-0.1, -0.05) is 30.3 Å². The first-order valence-corrected chi connectivity index (χ1v) is 10.7. The van der Waals surface area contributed by atoms with Gasteiger partial charge < -0.3 is 24.8 Å². The van der Waals surface area contributed by atoms with Crippen molar-refractivity contribution in [3.63, 3.8) is 0 Å². The number of nitrogens with zero attached hydrogens (tertiary/aromatic N) is 4. The lowest BCUT2D eigenvalue weighted by Gasteiger charge is -2.17. The zero-order chi connectivity index (χ0) is 23.9. The maximum Gasteiger partial charge on any atom is 0.230 e. The van der Waals surface area contributed by atoms with Crippen molar-refractivity contribution >= 4 is 17.5 Å². The van der Waals surface area contributed by atoms with E-state index in [9.17, 15) is 0 Å². The van der Waals surface area contributed by atoms with E-state index in [1.54, 1.807) is 39.7 Å². The smallest absolute Gasteiger partial charge is 0.230 e. The van der Waals surface area contributed by atoms with Gasteiger partial charge in [-0.15, -0.1) is 0 Å². The Labute approximate surface area is 198 Å².